The van der Waals surface area contributed by atoms with E-state index in [1.54, 1.807) is 0 Å². The Morgan fingerprint density at radius 2 is 0.556 bits per heavy atom. The maximum atomic E-state index is 12.8. The van der Waals surface area contributed by atoms with Crippen LogP contribution in [0.5, 0.6) is 0 Å². The highest BCUT2D eigenvalue weighted by Crippen LogP contribution is 2.19. The van der Waals surface area contributed by atoms with Crippen LogP contribution in [0.25, 0.3) is 0 Å². The number of carbonyl (C=O) groups is 3. The first-order valence-electron chi connectivity index (χ1n) is 28.3. The first-order valence-corrected chi connectivity index (χ1v) is 28.3. The highest BCUT2D eigenvalue weighted by atomic mass is 16.6. The van der Waals surface area contributed by atoms with E-state index in [1.165, 1.54) is 199 Å². The number of unbranched alkanes of at least 4 members (excludes halogenated alkanes) is 34. The lowest BCUT2D eigenvalue weighted by molar-refractivity contribution is -0.167. The summed E-state index contributed by atoms with van der Waals surface area (Å²) >= 11 is 0. The minimum atomic E-state index is -0.760. The largest absolute Gasteiger partial charge is 0.462 e. The van der Waals surface area contributed by atoms with Crippen LogP contribution in [0.2, 0.25) is 0 Å². The van der Waals surface area contributed by atoms with E-state index in [2.05, 4.69) is 34.6 Å². The molecule has 63 heavy (non-hydrogen) atoms. The molecule has 6 nitrogen and oxygen atoms in total. The summed E-state index contributed by atoms with van der Waals surface area (Å²) in [5, 5.41) is 0. The molecule has 0 aromatic rings. The number of rotatable bonds is 51. The molecule has 0 bridgehead atoms. The molecule has 0 saturated heterocycles. The number of esters is 3. The second kappa shape index (κ2) is 49.8. The quantitative estimate of drug-likeness (QED) is 0.0344. The van der Waals surface area contributed by atoms with E-state index in [0.717, 1.165) is 76.0 Å². The zero-order chi connectivity index (χ0) is 46.1. The Labute approximate surface area is 393 Å². The Bertz CT molecular complexity index is 966. The van der Waals surface area contributed by atoms with Gasteiger partial charge in [0.2, 0.25) is 0 Å². The molecule has 0 aliphatic carbocycles. The van der Waals surface area contributed by atoms with E-state index in [9.17, 15) is 14.4 Å². The van der Waals surface area contributed by atoms with Gasteiger partial charge >= 0.3 is 17.9 Å². The van der Waals surface area contributed by atoms with E-state index >= 15 is 0 Å². The molecule has 0 saturated carbocycles. The van der Waals surface area contributed by atoms with Crippen LogP contribution in [0, 0.1) is 11.8 Å². The van der Waals surface area contributed by atoms with Gasteiger partial charge in [0, 0.05) is 19.3 Å². The Kier molecular flexibility index (Phi) is 48.6. The summed E-state index contributed by atoms with van der Waals surface area (Å²) in [6, 6.07) is 0. The summed E-state index contributed by atoms with van der Waals surface area (Å²) in [4.78, 5) is 37.8. The van der Waals surface area contributed by atoms with Crippen molar-refractivity contribution in [1.82, 2.24) is 0 Å². The van der Waals surface area contributed by atoms with Gasteiger partial charge in [-0.05, 0) is 31.1 Å². The molecule has 0 aromatic heterocycles. The Morgan fingerprint density at radius 1 is 0.317 bits per heavy atom. The van der Waals surface area contributed by atoms with Gasteiger partial charge in [0.25, 0.3) is 0 Å². The topological polar surface area (TPSA) is 78.9 Å². The fraction of sp³-hybridized carbons (Fsp3) is 0.947. The fourth-order valence-corrected chi connectivity index (χ4v) is 8.63. The van der Waals surface area contributed by atoms with Crippen LogP contribution in [0.3, 0.4) is 0 Å². The van der Waals surface area contributed by atoms with Gasteiger partial charge in [0.15, 0.2) is 6.10 Å². The molecule has 0 aliphatic heterocycles. The fourth-order valence-electron chi connectivity index (χ4n) is 8.63. The third kappa shape index (κ3) is 48.2. The van der Waals surface area contributed by atoms with Crippen LogP contribution in [0.4, 0.5) is 0 Å². The number of hydrogen-bond acceptors (Lipinski definition) is 6. The van der Waals surface area contributed by atoms with Gasteiger partial charge in [-0.15, -0.1) is 0 Å². The maximum Gasteiger partial charge on any atom is 0.306 e. The molecule has 3 atom stereocenters. The third-order valence-electron chi connectivity index (χ3n) is 13.7. The molecule has 6 heteroatoms. The van der Waals surface area contributed by atoms with Crippen molar-refractivity contribution in [1.29, 1.82) is 0 Å². The number of carbonyl (C=O) groups excluding carboxylic acids is 3. The molecule has 0 N–H and O–H groups in total. The van der Waals surface area contributed by atoms with E-state index < -0.39 is 6.10 Å². The SMILES string of the molecule is CCCCCCCC(=O)OC[C@H](COC(=O)CCCCCCCCCCCCCCCCC(C)CC)OC(=O)CCCCCCCCCCCCCCCCCCCCC(C)CC. The summed E-state index contributed by atoms with van der Waals surface area (Å²) in [7, 11) is 0. The molecule has 0 fully saturated rings. The van der Waals surface area contributed by atoms with E-state index in [1.807, 2.05) is 0 Å². The smallest absolute Gasteiger partial charge is 0.306 e. The molecule has 374 valence electrons. The van der Waals surface area contributed by atoms with Crippen LogP contribution < -0.4 is 0 Å². The van der Waals surface area contributed by atoms with Crippen LogP contribution in [-0.2, 0) is 28.6 Å². The zero-order valence-electron chi connectivity index (χ0n) is 43.2. The van der Waals surface area contributed by atoms with E-state index in [-0.39, 0.29) is 31.1 Å². The lowest BCUT2D eigenvalue weighted by atomic mass is 9.99. The molecule has 0 aliphatic rings. The van der Waals surface area contributed by atoms with Crippen LogP contribution in [-0.4, -0.2) is 37.2 Å². The summed E-state index contributed by atoms with van der Waals surface area (Å²) in [5.74, 6) is 0.948. The lowest BCUT2D eigenvalue weighted by Gasteiger charge is -2.18. The van der Waals surface area contributed by atoms with Gasteiger partial charge in [-0.2, -0.15) is 0 Å². The van der Waals surface area contributed by atoms with Crippen LogP contribution >= 0.6 is 0 Å². The second-order valence-corrected chi connectivity index (χ2v) is 20.1. The standard InChI is InChI=1S/C57H110O6/c1-6-9-10-35-42-47-55(58)61-50-54(51-62-56(59)48-43-38-33-29-25-21-18-17-20-24-28-32-37-41-46-53(5)8-3)63-57(60)49-44-39-34-30-26-22-16-14-12-11-13-15-19-23-27-31-36-40-45-52(4)7-2/h52-54H,6-51H2,1-5H3/t52?,53?,54-/m1/s1. The molecule has 0 radical (unpaired) electrons. The summed E-state index contributed by atoms with van der Waals surface area (Å²) < 4.78 is 16.7. The Morgan fingerprint density at radius 3 is 0.825 bits per heavy atom. The average Bonchev–Trinajstić information content (AvgIpc) is 3.28. The van der Waals surface area contributed by atoms with Crippen molar-refractivity contribution in [2.24, 2.45) is 11.8 Å². The maximum absolute atomic E-state index is 12.8. The Hall–Kier alpha value is -1.59. The van der Waals surface area contributed by atoms with Gasteiger partial charge in [-0.1, -0.05) is 279 Å². The first kappa shape index (κ1) is 61.4. The van der Waals surface area contributed by atoms with E-state index in [0.29, 0.717) is 19.3 Å². The molecule has 2 unspecified atom stereocenters. The zero-order valence-corrected chi connectivity index (χ0v) is 43.2. The minimum absolute atomic E-state index is 0.0641. The molecular weight excluding hydrogens is 781 g/mol. The first-order chi connectivity index (χ1) is 30.8. The van der Waals surface area contributed by atoms with Gasteiger partial charge in [0.1, 0.15) is 13.2 Å². The minimum Gasteiger partial charge on any atom is -0.462 e. The van der Waals surface area contributed by atoms with Crippen LogP contribution in [0.1, 0.15) is 317 Å². The summed E-state index contributed by atoms with van der Waals surface area (Å²) in [5.41, 5.74) is 0. The second-order valence-electron chi connectivity index (χ2n) is 20.1. The van der Waals surface area contributed by atoms with Crippen molar-refractivity contribution in [3.63, 3.8) is 0 Å². The lowest BCUT2D eigenvalue weighted by Crippen LogP contribution is -2.30. The predicted molar refractivity (Wildman–Crippen MR) is 270 cm³/mol. The molecule has 0 amide bonds. The number of ether oxygens (including phenoxy) is 3. The van der Waals surface area contributed by atoms with Gasteiger partial charge < -0.3 is 14.2 Å². The van der Waals surface area contributed by atoms with Gasteiger partial charge in [-0.3, -0.25) is 14.4 Å². The summed E-state index contributed by atoms with van der Waals surface area (Å²) in [6.07, 6.45) is 52.6. The number of hydrogen-bond donors (Lipinski definition) is 0. The van der Waals surface area contributed by atoms with Gasteiger partial charge in [-0.25, -0.2) is 0 Å². The van der Waals surface area contributed by atoms with Crippen molar-refractivity contribution in [2.75, 3.05) is 13.2 Å². The van der Waals surface area contributed by atoms with Crippen molar-refractivity contribution < 1.29 is 28.6 Å². The van der Waals surface area contributed by atoms with Gasteiger partial charge in [0.05, 0.1) is 0 Å². The van der Waals surface area contributed by atoms with Crippen molar-refractivity contribution in [2.45, 2.75) is 323 Å². The molecule has 0 heterocycles. The summed E-state index contributed by atoms with van der Waals surface area (Å²) in [6.45, 7) is 11.4. The normalized spacial score (nSPS) is 12.9. The molecule has 0 aromatic carbocycles. The molecular formula is C57H110O6. The third-order valence-corrected chi connectivity index (χ3v) is 13.7. The van der Waals surface area contributed by atoms with Crippen molar-refractivity contribution in [3.05, 3.63) is 0 Å². The predicted octanol–water partition coefficient (Wildman–Crippen LogP) is 18.5. The van der Waals surface area contributed by atoms with Crippen LogP contribution in [0.15, 0.2) is 0 Å². The monoisotopic (exact) mass is 891 g/mol. The average molecular weight is 892 g/mol. The van der Waals surface area contributed by atoms with Crippen molar-refractivity contribution >= 4 is 17.9 Å². The molecule has 0 spiro atoms. The van der Waals surface area contributed by atoms with E-state index in [4.69, 9.17) is 14.2 Å². The molecule has 0 rings (SSSR count). The Balaban J connectivity index is 4.05. The van der Waals surface area contributed by atoms with Crippen molar-refractivity contribution in [3.8, 4) is 0 Å². The highest BCUT2D eigenvalue weighted by Gasteiger charge is 2.19. The highest BCUT2D eigenvalue weighted by molar-refractivity contribution is 5.71.